The number of methoxy groups -OCH3 is 2. The average Bonchev–Trinajstić information content (AvgIpc) is 2.77. The Morgan fingerprint density at radius 1 is 1.19 bits per heavy atom. The summed E-state index contributed by atoms with van der Waals surface area (Å²) < 4.78 is 24.4. The Morgan fingerprint density at radius 2 is 2.00 bits per heavy atom. The van der Waals surface area contributed by atoms with Gasteiger partial charge < -0.3 is 25.0 Å². The Balaban J connectivity index is 1.63. The molecule has 2 aromatic rings. The van der Waals surface area contributed by atoms with Gasteiger partial charge in [0.05, 0.1) is 37.3 Å². The number of pyridine rings is 1. The van der Waals surface area contributed by atoms with Crippen molar-refractivity contribution >= 4 is 23.5 Å². The minimum atomic E-state index is -0.557. The Kier molecular flexibility index (Phi) is 7.96. The normalized spacial score (nSPS) is 16.5. The van der Waals surface area contributed by atoms with Gasteiger partial charge in [0.1, 0.15) is 5.82 Å². The highest BCUT2D eigenvalue weighted by molar-refractivity contribution is 5.99. The standard InChI is InChI=1S/C22H28FN5O4/c1-15-4-6-17(11-24-15)25-21(29)26-20-10-16(5-7-19(20)23)12-27-8-9-28(22(30)32-3)18(13-27)14-31-2/h4-7,10-11,18H,8-9,12-14H2,1-3H3,(H2,25,26,29)/t18-/m0/s1. The smallest absolute Gasteiger partial charge is 0.409 e. The topological polar surface area (TPSA) is 96.0 Å². The summed E-state index contributed by atoms with van der Waals surface area (Å²) in [6.45, 7) is 4.49. The van der Waals surface area contributed by atoms with Crippen LogP contribution < -0.4 is 10.6 Å². The highest BCUT2D eigenvalue weighted by Crippen LogP contribution is 2.20. The monoisotopic (exact) mass is 445 g/mol. The Morgan fingerprint density at radius 3 is 2.69 bits per heavy atom. The van der Waals surface area contributed by atoms with E-state index < -0.39 is 11.8 Å². The predicted molar refractivity (Wildman–Crippen MR) is 118 cm³/mol. The number of piperazine rings is 1. The van der Waals surface area contributed by atoms with E-state index in [2.05, 4.69) is 20.5 Å². The van der Waals surface area contributed by atoms with Gasteiger partial charge >= 0.3 is 12.1 Å². The minimum absolute atomic E-state index is 0.0849. The number of benzene rings is 1. The van der Waals surface area contributed by atoms with E-state index in [-0.39, 0.29) is 17.8 Å². The number of rotatable bonds is 6. The van der Waals surface area contributed by atoms with Crippen LogP contribution in [0.2, 0.25) is 0 Å². The van der Waals surface area contributed by atoms with Crippen LogP contribution in [0, 0.1) is 12.7 Å². The number of urea groups is 1. The molecule has 3 amide bonds. The first-order valence-corrected chi connectivity index (χ1v) is 10.2. The Bertz CT molecular complexity index is 940. The number of anilines is 2. The quantitative estimate of drug-likeness (QED) is 0.710. The summed E-state index contributed by atoms with van der Waals surface area (Å²) >= 11 is 0. The molecule has 32 heavy (non-hydrogen) atoms. The molecular weight excluding hydrogens is 417 g/mol. The second kappa shape index (κ2) is 10.9. The van der Waals surface area contributed by atoms with E-state index in [1.54, 1.807) is 36.3 Å². The van der Waals surface area contributed by atoms with Crippen LogP contribution in [0.3, 0.4) is 0 Å². The van der Waals surface area contributed by atoms with Gasteiger partial charge in [-0.3, -0.25) is 9.88 Å². The van der Waals surface area contributed by atoms with E-state index in [4.69, 9.17) is 9.47 Å². The summed E-state index contributed by atoms with van der Waals surface area (Å²) in [6, 6.07) is 7.41. The van der Waals surface area contributed by atoms with E-state index in [0.717, 1.165) is 11.3 Å². The van der Waals surface area contributed by atoms with Gasteiger partial charge in [0.25, 0.3) is 0 Å². The average molecular weight is 445 g/mol. The molecule has 0 unspecified atom stereocenters. The van der Waals surface area contributed by atoms with Crippen LogP contribution >= 0.6 is 0 Å². The summed E-state index contributed by atoms with van der Waals surface area (Å²) in [7, 11) is 2.95. The van der Waals surface area contributed by atoms with Crippen molar-refractivity contribution in [2.45, 2.75) is 19.5 Å². The molecule has 0 spiro atoms. The Hall–Kier alpha value is -3.24. The van der Waals surface area contributed by atoms with Crippen molar-refractivity contribution in [2.75, 3.05) is 51.1 Å². The molecule has 1 saturated heterocycles. The van der Waals surface area contributed by atoms with Gasteiger partial charge in [-0.1, -0.05) is 6.07 Å². The fourth-order valence-corrected chi connectivity index (χ4v) is 3.61. The lowest BCUT2D eigenvalue weighted by molar-refractivity contribution is 0.0206. The van der Waals surface area contributed by atoms with Gasteiger partial charge in [0.2, 0.25) is 0 Å². The fourth-order valence-electron chi connectivity index (χ4n) is 3.61. The number of hydrogen-bond donors (Lipinski definition) is 2. The van der Waals surface area contributed by atoms with Crippen LogP contribution in [-0.2, 0) is 16.0 Å². The van der Waals surface area contributed by atoms with Crippen molar-refractivity contribution in [3.8, 4) is 0 Å². The van der Waals surface area contributed by atoms with Crippen molar-refractivity contribution in [1.29, 1.82) is 0 Å². The maximum atomic E-state index is 14.3. The number of carbonyl (C=O) groups excluding carboxylic acids is 2. The van der Waals surface area contributed by atoms with Gasteiger partial charge in [0, 0.05) is 39.0 Å². The van der Waals surface area contributed by atoms with Crippen LogP contribution in [0.25, 0.3) is 0 Å². The molecule has 2 heterocycles. The van der Waals surface area contributed by atoms with E-state index in [9.17, 15) is 14.0 Å². The summed E-state index contributed by atoms with van der Waals surface area (Å²) in [5, 5.41) is 5.18. The van der Waals surface area contributed by atoms with E-state index in [0.29, 0.717) is 38.5 Å². The third kappa shape index (κ3) is 6.14. The molecule has 1 fully saturated rings. The number of carbonyl (C=O) groups is 2. The lowest BCUT2D eigenvalue weighted by atomic mass is 10.1. The zero-order chi connectivity index (χ0) is 23.1. The number of hydrogen-bond acceptors (Lipinski definition) is 6. The molecule has 1 aliphatic heterocycles. The first-order valence-electron chi connectivity index (χ1n) is 10.2. The van der Waals surface area contributed by atoms with Crippen LogP contribution in [0.15, 0.2) is 36.5 Å². The number of amides is 3. The number of nitrogens with zero attached hydrogens (tertiary/aromatic N) is 3. The molecule has 2 N–H and O–H groups in total. The number of aryl methyl sites for hydroxylation is 1. The van der Waals surface area contributed by atoms with E-state index in [1.807, 2.05) is 6.92 Å². The highest BCUT2D eigenvalue weighted by atomic mass is 19.1. The minimum Gasteiger partial charge on any atom is -0.453 e. The maximum absolute atomic E-state index is 14.3. The first-order chi connectivity index (χ1) is 15.4. The largest absolute Gasteiger partial charge is 0.453 e. The zero-order valence-corrected chi connectivity index (χ0v) is 18.4. The molecule has 9 nitrogen and oxygen atoms in total. The number of halogens is 1. The third-order valence-electron chi connectivity index (χ3n) is 5.19. The molecule has 3 rings (SSSR count). The molecule has 0 aliphatic carbocycles. The molecule has 10 heteroatoms. The van der Waals surface area contributed by atoms with Crippen molar-refractivity contribution in [3.05, 3.63) is 53.6 Å². The molecule has 1 aromatic heterocycles. The van der Waals surface area contributed by atoms with Crippen LogP contribution in [0.4, 0.5) is 25.4 Å². The lowest BCUT2D eigenvalue weighted by Gasteiger charge is -2.40. The van der Waals surface area contributed by atoms with Crippen molar-refractivity contribution in [2.24, 2.45) is 0 Å². The van der Waals surface area contributed by atoms with Crippen molar-refractivity contribution in [1.82, 2.24) is 14.8 Å². The first kappa shape index (κ1) is 23.4. The highest BCUT2D eigenvalue weighted by Gasteiger charge is 2.31. The van der Waals surface area contributed by atoms with Crippen LogP contribution in [0.1, 0.15) is 11.3 Å². The molecule has 0 saturated carbocycles. The summed E-state index contributed by atoms with van der Waals surface area (Å²) in [6.07, 6.45) is 1.15. The van der Waals surface area contributed by atoms with Gasteiger partial charge in [-0.05, 0) is 36.8 Å². The molecule has 1 aromatic carbocycles. The van der Waals surface area contributed by atoms with Gasteiger partial charge in [0.15, 0.2) is 0 Å². The molecule has 1 aliphatic rings. The lowest BCUT2D eigenvalue weighted by Crippen LogP contribution is -2.56. The summed E-state index contributed by atoms with van der Waals surface area (Å²) in [4.78, 5) is 32.2. The van der Waals surface area contributed by atoms with Crippen molar-refractivity contribution < 1.29 is 23.5 Å². The number of nitrogens with one attached hydrogen (secondary N) is 2. The van der Waals surface area contributed by atoms with Gasteiger partial charge in [-0.25, -0.2) is 14.0 Å². The fraction of sp³-hybridized carbons (Fsp3) is 0.409. The molecule has 0 bridgehead atoms. The Labute approximate surface area is 186 Å². The molecular formula is C22H28FN5O4. The van der Waals surface area contributed by atoms with Crippen molar-refractivity contribution in [3.63, 3.8) is 0 Å². The third-order valence-corrected chi connectivity index (χ3v) is 5.19. The molecule has 172 valence electrons. The zero-order valence-electron chi connectivity index (χ0n) is 18.4. The molecule has 1 atom stereocenters. The SMILES string of the molecule is COC[C@@H]1CN(Cc2ccc(F)c(NC(=O)Nc3ccc(C)nc3)c2)CCN1C(=O)OC. The number of aromatic nitrogens is 1. The van der Waals surface area contributed by atoms with Crippen LogP contribution in [-0.4, -0.2) is 73.4 Å². The van der Waals surface area contributed by atoms with Crippen LogP contribution in [0.5, 0.6) is 0 Å². The molecule has 0 radical (unpaired) electrons. The van der Waals surface area contributed by atoms with E-state index >= 15 is 0 Å². The number of ether oxygens (including phenoxy) is 2. The van der Waals surface area contributed by atoms with Gasteiger partial charge in [-0.15, -0.1) is 0 Å². The van der Waals surface area contributed by atoms with E-state index in [1.165, 1.54) is 19.4 Å². The second-order valence-electron chi connectivity index (χ2n) is 7.59. The summed E-state index contributed by atoms with van der Waals surface area (Å²) in [5.74, 6) is -0.529. The maximum Gasteiger partial charge on any atom is 0.409 e. The summed E-state index contributed by atoms with van der Waals surface area (Å²) in [5.41, 5.74) is 2.26. The predicted octanol–water partition coefficient (Wildman–Crippen LogP) is 3.07. The van der Waals surface area contributed by atoms with Gasteiger partial charge in [-0.2, -0.15) is 0 Å². The second-order valence-corrected chi connectivity index (χ2v) is 7.59.